The molecule has 3 heterocycles. The van der Waals surface area contributed by atoms with Gasteiger partial charge in [0, 0.05) is 5.92 Å². The number of nitrogens with one attached hydrogen (secondary N) is 2. The molecule has 3 atom stereocenters. The van der Waals surface area contributed by atoms with E-state index in [0.29, 0.717) is 18.5 Å². The summed E-state index contributed by atoms with van der Waals surface area (Å²) in [5, 5.41) is 12.2. The van der Waals surface area contributed by atoms with Gasteiger partial charge in [-0.3, -0.25) is 24.5 Å². The van der Waals surface area contributed by atoms with E-state index in [1.54, 1.807) is 25.3 Å². The molecule has 0 bridgehead atoms. The fourth-order valence-electron chi connectivity index (χ4n) is 2.66. The lowest BCUT2D eigenvalue weighted by Crippen LogP contribution is -2.23. The SMILES string of the molecule is CC(C)C(=O)Nc1nc2c(ncn2C2CCC(C(C)O)O2)c(=O)[nH]1. The van der Waals surface area contributed by atoms with E-state index in [-0.39, 0.29) is 35.6 Å². The van der Waals surface area contributed by atoms with Crippen LogP contribution >= 0.6 is 0 Å². The lowest BCUT2D eigenvalue weighted by molar-refractivity contribution is -0.118. The van der Waals surface area contributed by atoms with Crippen LogP contribution < -0.4 is 10.9 Å². The number of anilines is 1. The summed E-state index contributed by atoms with van der Waals surface area (Å²) in [4.78, 5) is 34.9. The van der Waals surface area contributed by atoms with Crippen LogP contribution in [-0.4, -0.2) is 42.7 Å². The molecule has 1 saturated heterocycles. The van der Waals surface area contributed by atoms with Gasteiger partial charge in [0.1, 0.15) is 6.23 Å². The number of nitrogens with zero attached hydrogens (tertiary/aromatic N) is 3. The van der Waals surface area contributed by atoms with Crippen molar-refractivity contribution < 1.29 is 14.6 Å². The largest absolute Gasteiger partial charge is 0.391 e. The second kappa shape index (κ2) is 6.33. The fourth-order valence-corrected chi connectivity index (χ4v) is 2.66. The molecular formula is C15H21N5O4. The zero-order valence-corrected chi connectivity index (χ0v) is 13.8. The van der Waals surface area contributed by atoms with Crippen molar-refractivity contribution in [2.24, 2.45) is 5.92 Å². The number of fused-ring (bicyclic) bond motifs is 1. The smallest absolute Gasteiger partial charge is 0.280 e. The molecular weight excluding hydrogens is 314 g/mol. The number of ether oxygens (including phenoxy) is 1. The first-order valence-corrected chi connectivity index (χ1v) is 7.98. The molecule has 3 unspecified atom stereocenters. The maximum Gasteiger partial charge on any atom is 0.280 e. The maximum absolute atomic E-state index is 12.1. The summed E-state index contributed by atoms with van der Waals surface area (Å²) < 4.78 is 7.47. The number of hydrogen-bond acceptors (Lipinski definition) is 6. The van der Waals surface area contributed by atoms with E-state index in [0.717, 1.165) is 0 Å². The highest BCUT2D eigenvalue weighted by Crippen LogP contribution is 2.31. The van der Waals surface area contributed by atoms with Gasteiger partial charge in [-0.25, -0.2) is 4.98 Å². The molecule has 3 N–H and O–H groups in total. The molecule has 24 heavy (non-hydrogen) atoms. The quantitative estimate of drug-likeness (QED) is 0.758. The van der Waals surface area contributed by atoms with Crippen molar-refractivity contribution in [1.29, 1.82) is 0 Å². The molecule has 130 valence electrons. The minimum atomic E-state index is -0.568. The topological polar surface area (TPSA) is 122 Å². The molecule has 0 aromatic carbocycles. The fraction of sp³-hybridized carbons (Fsp3) is 0.600. The van der Waals surface area contributed by atoms with E-state index >= 15 is 0 Å². The van der Waals surface area contributed by atoms with Gasteiger partial charge in [0.15, 0.2) is 11.2 Å². The van der Waals surface area contributed by atoms with Crippen LogP contribution in [0.4, 0.5) is 5.95 Å². The molecule has 1 aliphatic rings. The van der Waals surface area contributed by atoms with Crippen molar-refractivity contribution in [2.45, 2.75) is 52.0 Å². The highest BCUT2D eigenvalue weighted by atomic mass is 16.5. The number of aliphatic hydroxyl groups is 1. The second-order valence-corrected chi connectivity index (χ2v) is 6.33. The van der Waals surface area contributed by atoms with E-state index < -0.39 is 11.7 Å². The van der Waals surface area contributed by atoms with Gasteiger partial charge < -0.3 is 9.84 Å². The number of H-pyrrole nitrogens is 1. The van der Waals surface area contributed by atoms with Crippen LogP contribution in [0, 0.1) is 5.92 Å². The van der Waals surface area contributed by atoms with Gasteiger partial charge in [-0.1, -0.05) is 13.8 Å². The van der Waals surface area contributed by atoms with E-state index in [1.807, 2.05) is 0 Å². The predicted molar refractivity (Wildman–Crippen MR) is 86.4 cm³/mol. The number of carbonyl (C=O) groups excluding carboxylic acids is 1. The molecule has 2 aromatic rings. The maximum atomic E-state index is 12.1. The minimum absolute atomic E-state index is 0.0815. The first-order valence-electron chi connectivity index (χ1n) is 7.98. The van der Waals surface area contributed by atoms with E-state index in [2.05, 4.69) is 20.3 Å². The van der Waals surface area contributed by atoms with Crippen molar-refractivity contribution in [2.75, 3.05) is 5.32 Å². The molecule has 2 aromatic heterocycles. The summed E-state index contributed by atoms with van der Waals surface area (Å²) in [6.07, 6.45) is 1.72. The van der Waals surface area contributed by atoms with Crippen LogP contribution in [0.1, 0.15) is 39.8 Å². The lowest BCUT2D eigenvalue weighted by atomic mass is 10.1. The predicted octanol–water partition coefficient (Wildman–Crippen LogP) is 0.772. The Morgan fingerprint density at radius 3 is 2.83 bits per heavy atom. The van der Waals surface area contributed by atoms with Gasteiger partial charge >= 0.3 is 0 Å². The lowest BCUT2D eigenvalue weighted by Gasteiger charge is -2.17. The van der Waals surface area contributed by atoms with Crippen LogP contribution in [0.15, 0.2) is 11.1 Å². The Labute approximate surface area is 138 Å². The van der Waals surface area contributed by atoms with E-state index in [9.17, 15) is 14.7 Å². The van der Waals surface area contributed by atoms with Crippen LogP contribution in [0.25, 0.3) is 11.2 Å². The number of hydrogen-bond donors (Lipinski definition) is 3. The van der Waals surface area contributed by atoms with E-state index in [1.165, 1.54) is 6.33 Å². The Hall–Kier alpha value is -2.26. The van der Waals surface area contributed by atoms with Gasteiger partial charge in [0.2, 0.25) is 11.9 Å². The number of aromatic nitrogens is 4. The summed E-state index contributed by atoms with van der Waals surface area (Å²) in [5.74, 6) is -0.395. The highest BCUT2D eigenvalue weighted by Gasteiger charge is 2.31. The standard InChI is InChI=1S/C15H21N5O4/c1-7(2)13(22)18-15-17-12-11(14(23)19-15)16-6-20(12)10-5-4-9(24-10)8(3)21/h6-10,21H,4-5H2,1-3H3,(H2,17,18,19,22,23). The molecule has 9 nitrogen and oxygen atoms in total. The summed E-state index contributed by atoms with van der Waals surface area (Å²) in [6, 6.07) is 0. The molecule has 9 heteroatoms. The van der Waals surface area contributed by atoms with Gasteiger partial charge in [0.25, 0.3) is 5.56 Å². The molecule has 0 saturated carbocycles. The van der Waals surface area contributed by atoms with Crippen molar-refractivity contribution >= 4 is 23.0 Å². The van der Waals surface area contributed by atoms with Crippen LogP contribution in [0.3, 0.4) is 0 Å². The molecule has 1 fully saturated rings. The zero-order valence-electron chi connectivity index (χ0n) is 13.8. The summed E-state index contributed by atoms with van der Waals surface area (Å²) in [6.45, 7) is 5.18. The molecule has 0 radical (unpaired) electrons. The van der Waals surface area contributed by atoms with Crippen molar-refractivity contribution in [1.82, 2.24) is 19.5 Å². The van der Waals surface area contributed by atoms with Crippen LogP contribution in [-0.2, 0) is 9.53 Å². The minimum Gasteiger partial charge on any atom is -0.391 e. The molecule has 1 aliphatic heterocycles. The number of carbonyl (C=O) groups is 1. The second-order valence-electron chi connectivity index (χ2n) is 6.33. The normalized spacial score (nSPS) is 22.2. The van der Waals surface area contributed by atoms with Crippen molar-refractivity contribution in [3.05, 3.63) is 16.7 Å². The Balaban J connectivity index is 1.94. The van der Waals surface area contributed by atoms with Crippen LogP contribution in [0.5, 0.6) is 0 Å². The molecule has 1 amide bonds. The van der Waals surface area contributed by atoms with Gasteiger partial charge in [-0.15, -0.1) is 0 Å². The average Bonchev–Trinajstić information content (AvgIpc) is 3.13. The zero-order chi connectivity index (χ0) is 17.4. The highest BCUT2D eigenvalue weighted by molar-refractivity contribution is 5.91. The summed E-state index contributed by atoms with van der Waals surface area (Å²) >= 11 is 0. The third kappa shape index (κ3) is 3.04. The van der Waals surface area contributed by atoms with Gasteiger partial charge in [-0.2, -0.15) is 4.98 Å². The first-order chi connectivity index (χ1) is 11.4. The molecule has 3 rings (SSSR count). The molecule has 0 aliphatic carbocycles. The first kappa shape index (κ1) is 16.6. The van der Waals surface area contributed by atoms with Crippen LogP contribution in [0.2, 0.25) is 0 Å². The number of imidazole rings is 1. The van der Waals surface area contributed by atoms with E-state index in [4.69, 9.17) is 4.74 Å². The monoisotopic (exact) mass is 335 g/mol. The number of rotatable bonds is 4. The number of aliphatic hydroxyl groups excluding tert-OH is 1. The summed E-state index contributed by atoms with van der Waals surface area (Å²) in [7, 11) is 0. The number of aromatic amines is 1. The van der Waals surface area contributed by atoms with Crippen molar-refractivity contribution in [3.8, 4) is 0 Å². The average molecular weight is 335 g/mol. The Morgan fingerprint density at radius 2 is 2.21 bits per heavy atom. The Morgan fingerprint density at radius 1 is 1.46 bits per heavy atom. The summed E-state index contributed by atoms with van der Waals surface area (Å²) in [5.41, 5.74) is 0.0959. The van der Waals surface area contributed by atoms with Crippen molar-refractivity contribution in [3.63, 3.8) is 0 Å². The number of amides is 1. The third-order valence-electron chi connectivity index (χ3n) is 4.08. The molecule has 0 spiro atoms. The Bertz CT molecular complexity index is 810. The van der Waals surface area contributed by atoms with Gasteiger partial charge in [0.05, 0.1) is 18.5 Å². The third-order valence-corrected chi connectivity index (χ3v) is 4.08. The van der Waals surface area contributed by atoms with Gasteiger partial charge in [-0.05, 0) is 19.8 Å². The Kier molecular flexibility index (Phi) is 4.37.